The molecule has 0 bridgehead atoms. The quantitative estimate of drug-likeness (QED) is 0.839. The molecule has 1 aromatic carbocycles. The summed E-state index contributed by atoms with van der Waals surface area (Å²) >= 11 is 0. The van der Waals surface area contributed by atoms with Gasteiger partial charge in [0.2, 0.25) is 0 Å². The van der Waals surface area contributed by atoms with Crippen molar-refractivity contribution in [3.63, 3.8) is 0 Å². The van der Waals surface area contributed by atoms with Crippen LogP contribution in [0.4, 0.5) is 4.39 Å². The number of halogens is 1. The number of hydrogen-bond acceptors (Lipinski definition) is 3. The fourth-order valence-corrected chi connectivity index (χ4v) is 2.45. The number of hydrogen-bond donors (Lipinski definition) is 1. The van der Waals surface area contributed by atoms with E-state index in [-0.39, 0.29) is 11.7 Å². The number of nitrogens with one attached hydrogen (secondary N) is 1. The molecule has 2 heterocycles. The van der Waals surface area contributed by atoms with Crippen LogP contribution in [0.3, 0.4) is 0 Å². The lowest BCUT2D eigenvalue weighted by atomic mass is 9.93. The molecule has 3 rings (SSSR count). The Labute approximate surface area is 103 Å². The number of rotatable bonds is 1. The highest BCUT2D eigenvalue weighted by atomic mass is 19.1. The zero-order valence-corrected chi connectivity index (χ0v) is 9.78. The van der Waals surface area contributed by atoms with Gasteiger partial charge in [-0.2, -0.15) is 4.98 Å². The van der Waals surface area contributed by atoms with Crippen LogP contribution in [-0.4, -0.2) is 23.2 Å². The first-order valence-electron chi connectivity index (χ1n) is 6.01. The van der Waals surface area contributed by atoms with Crippen molar-refractivity contribution < 1.29 is 9.13 Å². The Balaban J connectivity index is 2.17. The summed E-state index contributed by atoms with van der Waals surface area (Å²) in [7, 11) is 0. The number of ether oxygens (including phenoxy) is 1. The van der Waals surface area contributed by atoms with Crippen LogP contribution in [-0.2, 0) is 4.74 Å². The average Bonchev–Trinajstić information content (AvgIpc) is 2.38. The second-order valence-corrected chi connectivity index (χ2v) is 4.50. The van der Waals surface area contributed by atoms with E-state index in [1.54, 1.807) is 6.07 Å². The predicted octanol–water partition coefficient (Wildman–Crippen LogP) is 1.96. The van der Waals surface area contributed by atoms with Crippen molar-refractivity contribution in [2.24, 2.45) is 0 Å². The molecule has 18 heavy (non-hydrogen) atoms. The third-order valence-electron chi connectivity index (χ3n) is 3.34. The van der Waals surface area contributed by atoms with Crippen LogP contribution < -0.4 is 5.69 Å². The van der Waals surface area contributed by atoms with Crippen LogP contribution in [0.15, 0.2) is 23.0 Å². The lowest BCUT2D eigenvalue weighted by Gasteiger charge is -2.22. The second-order valence-electron chi connectivity index (χ2n) is 4.50. The standard InChI is InChI=1S/C13H13FN2O2/c14-9-1-2-10-11(7-9)15-13(17)16-12(10)8-3-5-18-6-4-8/h1-2,7-8H,3-6H2,(H,15,16,17). The van der Waals surface area contributed by atoms with Crippen LogP contribution in [0.25, 0.3) is 10.9 Å². The summed E-state index contributed by atoms with van der Waals surface area (Å²) in [4.78, 5) is 18.1. The fourth-order valence-electron chi connectivity index (χ4n) is 2.45. The van der Waals surface area contributed by atoms with Gasteiger partial charge in [0.1, 0.15) is 5.82 Å². The Morgan fingerprint density at radius 2 is 2.11 bits per heavy atom. The maximum absolute atomic E-state index is 13.2. The molecule has 0 spiro atoms. The first-order chi connectivity index (χ1) is 8.74. The van der Waals surface area contributed by atoms with Crippen molar-refractivity contribution >= 4 is 10.9 Å². The van der Waals surface area contributed by atoms with Gasteiger partial charge in [0.15, 0.2) is 0 Å². The van der Waals surface area contributed by atoms with E-state index in [9.17, 15) is 9.18 Å². The molecular weight excluding hydrogens is 235 g/mol. The summed E-state index contributed by atoms with van der Waals surface area (Å²) in [6, 6.07) is 4.37. The first kappa shape index (κ1) is 11.3. The predicted molar refractivity (Wildman–Crippen MR) is 65.1 cm³/mol. The van der Waals surface area contributed by atoms with E-state index in [0.717, 1.165) is 23.9 Å². The molecule has 1 N–H and O–H groups in total. The van der Waals surface area contributed by atoms with Gasteiger partial charge in [0.05, 0.1) is 5.52 Å². The van der Waals surface area contributed by atoms with Crippen molar-refractivity contribution in [3.8, 4) is 0 Å². The van der Waals surface area contributed by atoms with Crippen LogP contribution in [0.5, 0.6) is 0 Å². The fraction of sp³-hybridized carbons (Fsp3) is 0.385. The van der Waals surface area contributed by atoms with Crippen LogP contribution >= 0.6 is 0 Å². The molecule has 4 nitrogen and oxygen atoms in total. The summed E-state index contributed by atoms with van der Waals surface area (Å²) in [5.74, 6) is -0.124. The van der Waals surface area contributed by atoms with Gasteiger partial charge in [0, 0.05) is 36.3 Å². The van der Waals surface area contributed by atoms with E-state index in [2.05, 4.69) is 9.97 Å². The van der Waals surface area contributed by atoms with E-state index in [1.165, 1.54) is 12.1 Å². The van der Waals surface area contributed by atoms with Gasteiger partial charge in [-0.25, -0.2) is 9.18 Å². The minimum Gasteiger partial charge on any atom is -0.381 e. The van der Waals surface area contributed by atoms with Gasteiger partial charge >= 0.3 is 5.69 Å². The van der Waals surface area contributed by atoms with Crippen LogP contribution in [0.2, 0.25) is 0 Å². The Hall–Kier alpha value is -1.75. The SMILES string of the molecule is O=c1nc2cc(F)ccc2c(C2CCOCC2)[nH]1. The van der Waals surface area contributed by atoms with Gasteiger partial charge < -0.3 is 9.72 Å². The van der Waals surface area contributed by atoms with Gasteiger partial charge in [-0.05, 0) is 25.0 Å². The molecule has 1 aromatic heterocycles. The summed E-state index contributed by atoms with van der Waals surface area (Å²) in [6.07, 6.45) is 1.73. The van der Waals surface area contributed by atoms with E-state index in [0.29, 0.717) is 18.7 Å². The number of benzene rings is 1. The summed E-state index contributed by atoms with van der Waals surface area (Å²) in [5, 5.41) is 0.822. The molecule has 0 saturated carbocycles. The molecule has 0 radical (unpaired) electrons. The molecule has 2 aromatic rings. The molecule has 94 valence electrons. The van der Waals surface area contributed by atoms with Crippen LogP contribution in [0.1, 0.15) is 24.5 Å². The molecule has 0 aliphatic carbocycles. The minimum absolute atomic E-state index is 0.252. The average molecular weight is 248 g/mol. The highest BCUT2D eigenvalue weighted by Gasteiger charge is 2.19. The topological polar surface area (TPSA) is 55.0 Å². The van der Waals surface area contributed by atoms with Gasteiger partial charge in [-0.15, -0.1) is 0 Å². The van der Waals surface area contributed by atoms with Gasteiger partial charge in [-0.1, -0.05) is 0 Å². The molecule has 1 fully saturated rings. The van der Waals surface area contributed by atoms with Gasteiger partial charge in [-0.3, -0.25) is 0 Å². The molecule has 0 unspecified atom stereocenters. The summed E-state index contributed by atoms with van der Waals surface area (Å²) < 4.78 is 18.5. The Bertz CT molecular complexity index is 632. The van der Waals surface area contributed by atoms with Crippen molar-refractivity contribution in [3.05, 3.63) is 40.2 Å². The largest absolute Gasteiger partial charge is 0.381 e. The zero-order chi connectivity index (χ0) is 12.5. The van der Waals surface area contributed by atoms with Crippen molar-refractivity contribution in [1.29, 1.82) is 0 Å². The van der Waals surface area contributed by atoms with Crippen molar-refractivity contribution in [1.82, 2.24) is 9.97 Å². The lowest BCUT2D eigenvalue weighted by molar-refractivity contribution is 0.0847. The smallest absolute Gasteiger partial charge is 0.345 e. The molecule has 5 heteroatoms. The summed E-state index contributed by atoms with van der Waals surface area (Å²) in [6.45, 7) is 1.38. The highest BCUT2D eigenvalue weighted by Crippen LogP contribution is 2.29. The van der Waals surface area contributed by atoms with E-state index >= 15 is 0 Å². The van der Waals surface area contributed by atoms with Crippen molar-refractivity contribution in [2.45, 2.75) is 18.8 Å². The number of H-pyrrole nitrogens is 1. The van der Waals surface area contributed by atoms with Gasteiger partial charge in [0.25, 0.3) is 0 Å². The van der Waals surface area contributed by atoms with Crippen molar-refractivity contribution in [2.75, 3.05) is 13.2 Å². The molecule has 0 atom stereocenters. The Kier molecular flexibility index (Phi) is 2.83. The first-order valence-corrected chi connectivity index (χ1v) is 6.01. The maximum Gasteiger partial charge on any atom is 0.345 e. The third kappa shape index (κ3) is 2.01. The second kappa shape index (κ2) is 4.49. The molecule has 1 saturated heterocycles. The number of nitrogens with zero attached hydrogens (tertiary/aromatic N) is 1. The highest BCUT2D eigenvalue weighted by molar-refractivity contribution is 5.81. The molecule has 1 aliphatic rings. The summed E-state index contributed by atoms with van der Waals surface area (Å²) in [5.41, 5.74) is 0.850. The third-order valence-corrected chi connectivity index (χ3v) is 3.34. The maximum atomic E-state index is 13.2. The zero-order valence-electron chi connectivity index (χ0n) is 9.78. The van der Waals surface area contributed by atoms with E-state index in [1.807, 2.05) is 0 Å². The monoisotopic (exact) mass is 248 g/mol. The van der Waals surface area contributed by atoms with E-state index < -0.39 is 5.69 Å². The minimum atomic E-state index is -0.422. The Morgan fingerprint density at radius 3 is 2.89 bits per heavy atom. The Morgan fingerprint density at radius 1 is 1.33 bits per heavy atom. The number of aromatic amines is 1. The normalized spacial score (nSPS) is 17.2. The van der Waals surface area contributed by atoms with E-state index in [4.69, 9.17) is 4.74 Å². The van der Waals surface area contributed by atoms with Crippen LogP contribution in [0, 0.1) is 5.82 Å². The molecule has 0 amide bonds. The number of aromatic nitrogens is 2. The number of fused-ring (bicyclic) bond motifs is 1. The molecular formula is C13H13FN2O2. The molecule has 1 aliphatic heterocycles. The lowest BCUT2D eigenvalue weighted by Crippen LogP contribution is -2.20.